The predicted molar refractivity (Wildman–Crippen MR) is 287 cm³/mol. The van der Waals surface area contributed by atoms with Crippen molar-refractivity contribution in [2.45, 2.75) is 39.5 Å². The van der Waals surface area contributed by atoms with Crippen LogP contribution in [0.3, 0.4) is 0 Å². The summed E-state index contributed by atoms with van der Waals surface area (Å²) in [6.07, 6.45) is 7.56. The van der Waals surface area contributed by atoms with Crippen molar-refractivity contribution in [1.29, 1.82) is 0 Å². The summed E-state index contributed by atoms with van der Waals surface area (Å²) in [4.78, 5) is 5.09. The van der Waals surface area contributed by atoms with Gasteiger partial charge in [-0.3, -0.25) is 4.99 Å². The zero-order valence-corrected chi connectivity index (χ0v) is 38.8. The Morgan fingerprint density at radius 2 is 1.26 bits per heavy atom. The lowest BCUT2D eigenvalue weighted by molar-refractivity contribution is 0.669. The molecule has 9 aromatic carbocycles. The molecule has 1 atom stereocenters. The highest BCUT2D eigenvalue weighted by Crippen LogP contribution is 2.62. The molecule has 326 valence electrons. The molecular formula is C65H50N2O. The molecule has 68 heavy (non-hydrogen) atoms. The Balaban J connectivity index is 0.000000632. The van der Waals surface area contributed by atoms with E-state index in [9.17, 15) is 0 Å². The molecule has 0 radical (unpaired) electrons. The fourth-order valence-corrected chi connectivity index (χ4v) is 11.2. The number of aromatic nitrogens is 1. The van der Waals surface area contributed by atoms with Gasteiger partial charge in [-0.05, 0) is 133 Å². The topological polar surface area (TPSA) is 30.4 Å². The van der Waals surface area contributed by atoms with Crippen LogP contribution in [0.2, 0.25) is 0 Å². The van der Waals surface area contributed by atoms with Gasteiger partial charge in [0.15, 0.2) is 0 Å². The first-order chi connectivity index (χ1) is 33.4. The van der Waals surface area contributed by atoms with Crippen molar-refractivity contribution in [3.8, 4) is 27.9 Å². The molecule has 0 saturated carbocycles. The van der Waals surface area contributed by atoms with E-state index < -0.39 is 0 Å². The van der Waals surface area contributed by atoms with Crippen LogP contribution in [0.25, 0.3) is 77.3 Å². The van der Waals surface area contributed by atoms with Gasteiger partial charge in [0.1, 0.15) is 11.2 Å². The van der Waals surface area contributed by atoms with Crippen molar-refractivity contribution in [2.75, 3.05) is 0 Å². The molecule has 13 rings (SSSR count). The fraction of sp³-hybridized carbons (Fsp3) is 0.0923. The van der Waals surface area contributed by atoms with Gasteiger partial charge in [-0.25, -0.2) is 0 Å². The normalized spacial score (nSPS) is 15.7. The van der Waals surface area contributed by atoms with Gasteiger partial charge in [0.25, 0.3) is 0 Å². The second-order valence-electron chi connectivity index (χ2n) is 18.3. The quantitative estimate of drug-likeness (QED) is 0.158. The Labute approximate surface area is 397 Å². The summed E-state index contributed by atoms with van der Waals surface area (Å²) in [5, 5.41) is 4.67. The van der Waals surface area contributed by atoms with Crippen LogP contribution in [-0.2, 0) is 5.41 Å². The number of hydrogen-bond donors (Lipinski definition) is 0. The highest BCUT2D eigenvalue weighted by Gasteiger charge is 2.50. The first-order valence-electron chi connectivity index (χ1n) is 23.7. The average Bonchev–Trinajstić information content (AvgIpc) is 4.11. The van der Waals surface area contributed by atoms with Crippen LogP contribution in [0.15, 0.2) is 228 Å². The standard InChI is InChI=1S/C58H42N2O.C7H8/c1-4-5-17-40-35-58(48-23-12-10-20-43(40)48)49-24-13-11-21-45(49)56-50(58)30-29-44-46-33-38(27-31-52(46)60(57(44)56)41-18-7-6-8-19-41)39-28-32-53-47(34-39)55-42(22-15-26-54(55)61-53)37(3)59-51-25-14-9-16-36(51)2;1-7-5-3-2-4-6-7/h4-34H,35H2,1-3H3;2-6H,1H3/b5-4-,40-17+,59-37?;. The number of allylic oxidation sites excluding steroid dienone is 4. The molecular weight excluding hydrogens is 825 g/mol. The number of hydrogen-bond acceptors (Lipinski definition) is 2. The second-order valence-corrected chi connectivity index (χ2v) is 18.3. The zero-order valence-electron chi connectivity index (χ0n) is 38.8. The van der Waals surface area contributed by atoms with Gasteiger partial charge >= 0.3 is 0 Å². The Morgan fingerprint density at radius 3 is 2.01 bits per heavy atom. The Bertz CT molecular complexity index is 3860. The zero-order chi connectivity index (χ0) is 45.9. The lowest BCUT2D eigenvalue weighted by Crippen LogP contribution is -2.23. The van der Waals surface area contributed by atoms with Crippen LogP contribution in [0, 0.1) is 13.8 Å². The van der Waals surface area contributed by atoms with Crippen LogP contribution in [0.1, 0.15) is 59.2 Å². The third kappa shape index (κ3) is 6.53. The van der Waals surface area contributed by atoms with E-state index in [1.807, 2.05) is 24.3 Å². The number of rotatable bonds is 5. The number of fused-ring (bicyclic) bond motifs is 14. The second kappa shape index (κ2) is 16.6. The summed E-state index contributed by atoms with van der Waals surface area (Å²) < 4.78 is 8.99. The van der Waals surface area contributed by atoms with E-state index in [0.29, 0.717) is 0 Å². The molecule has 0 fully saturated rings. The number of aliphatic imine (C=N–C) groups is 1. The number of aryl methyl sites for hydroxylation is 2. The summed E-state index contributed by atoms with van der Waals surface area (Å²) in [5.74, 6) is 0. The highest BCUT2D eigenvalue weighted by atomic mass is 16.3. The fourth-order valence-electron chi connectivity index (χ4n) is 11.2. The van der Waals surface area contributed by atoms with E-state index in [-0.39, 0.29) is 5.41 Å². The SMILES string of the molecule is C/C=C\C=C1/CC2(c3ccccc31)c1ccccc1-c1c2ccc2c3cc(-c4ccc5oc6cccc(C(C)=Nc7ccccc7C)c6c5c4)ccc3n(-c3ccccc3)c12.Cc1ccccc1. The lowest BCUT2D eigenvalue weighted by atomic mass is 9.73. The maximum atomic E-state index is 6.48. The molecule has 2 aliphatic rings. The van der Waals surface area contributed by atoms with Crippen LogP contribution >= 0.6 is 0 Å². The molecule has 1 unspecified atom stereocenters. The Kier molecular flexibility index (Phi) is 10.0. The predicted octanol–water partition coefficient (Wildman–Crippen LogP) is 17.5. The maximum absolute atomic E-state index is 6.48. The molecule has 2 aliphatic carbocycles. The molecule has 0 saturated heterocycles. The average molecular weight is 875 g/mol. The molecule has 2 heterocycles. The molecule has 3 heteroatoms. The van der Waals surface area contributed by atoms with Crippen LogP contribution in [0.4, 0.5) is 5.69 Å². The first-order valence-corrected chi connectivity index (χ1v) is 23.7. The Morgan fingerprint density at radius 1 is 0.588 bits per heavy atom. The molecule has 0 aliphatic heterocycles. The van der Waals surface area contributed by atoms with Crippen molar-refractivity contribution < 1.29 is 4.42 Å². The first kappa shape index (κ1) is 41.2. The lowest BCUT2D eigenvalue weighted by Gasteiger charge is -2.28. The molecule has 1 spiro atoms. The monoisotopic (exact) mass is 874 g/mol. The van der Waals surface area contributed by atoms with Crippen molar-refractivity contribution in [3.05, 3.63) is 257 Å². The Hall–Kier alpha value is -8.27. The summed E-state index contributed by atoms with van der Waals surface area (Å²) in [6.45, 7) is 8.39. The number of furan rings is 1. The minimum atomic E-state index is -0.280. The van der Waals surface area contributed by atoms with Gasteiger partial charge in [-0.15, -0.1) is 0 Å². The molecule has 0 N–H and O–H groups in total. The van der Waals surface area contributed by atoms with Gasteiger partial charge in [-0.1, -0.05) is 175 Å². The summed E-state index contributed by atoms with van der Waals surface area (Å²) in [6, 6.07) is 72.5. The molecule has 3 nitrogen and oxygen atoms in total. The van der Waals surface area contributed by atoms with Crippen molar-refractivity contribution in [1.82, 2.24) is 4.57 Å². The maximum Gasteiger partial charge on any atom is 0.136 e. The van der Waals surface area contributed by atoms with Crippen molar-refractivity contribution >= 4 is 60.7 Å². The van der Waals surface area contributed by atoms with E-state index in [0.717, 1.165) is 62.1 Å². The molecule has 0 amide bonds. The van der Waals surface area contributed by atoms with Gasteiger partial charge in [0.05, 0.1) is 22.1 Å². The largest absolute Gasteiger partial charge is 0.456 e. The van der Waals surface area contributed by atoms with Gasteiger partial charge in [0.2, 0.25) is 0 Å². The van der Waals surface area contributed by atoms with E-state index >= 15 is 0 Å². The van der Waals surface area contributed by atoms with Gasteiger partial charge in [-0.2, -0.15) is 0 Å². The van der Waals surface area contributed by atoms with Crippen molar-refractivity contribution in [3.63, 3.8) is 0 Å². The number of para-hydroxylation sites is 2. The van der Waals surface area contributed by atoms with Gasteiger partial charge < -0.3 is 8.98 Å². The molecule has 0 bridgehead atoms. The summed E-state index contributed by atoms with van der Waals surface area (Å²) in [5.41, 5.74) is 22.4. The third-order valence-corrected chi connectivity index (χ3v) is 14.3. The molecule has 11 aromatic rings. The van der Waals surface area contributed by atoms with Crippen LogP contribution in [-0.4, -0.2) is 10.3 Å². The van der Waals surface area contributed by atoms with E-state index in [4.69, 9.17) is 9.41 Å². The van der Waals surface area contributed by atoms with E-state index in [1.54, 1.807) is 0 Å². The summed E-state index contributed by atoms with van der Waals surface area (Å²) in [7, 11) is 0. The minimum absolute atomic E-state index is 0.280. The smallest absolute Gasteiger partial charge is 0.136 e. The highest BCUT2D eigenvalue weighted by molar-refractivity contribution is 6.20. The van der Waals surface area contributed by atoms with Crippen LogP contribution < -0.4 is 0 Å². The van der Waals surface area contributed by atoms with E-state index in [2.05, 4.69) is 226 Å². The number of nitrogens with zero attached hydrogens (tertiary/aromatic N) is 2. The number of benzene rings is 9. The van der Waals surface area contributed by atoms with E-state index in [1.165, 1.54) is 71.9 Å². The minimum Gasteiger partial charge on any atom is -0.456 e. The van der Waals surface area contributed by atoms with Gasteiger partial charge in [0, 0.05) is 44.1 Å². The summed E-state index contributed by atoms with van der Waals surface area (Å²) >= 11 is 0. The van der Waals surface area contributed by atoms with Crippen LogP contribution in [0.5, 0.6) is 0 Å². The van der Waals surface area contributed by atoms with Crippen molar-refractivity contribution in [2.24, 2.45) is 4.99 Å². The molecule has 2 aromatic heterocycles. The third-order valence-electron chi connectivity index (χ3n) is 14.3.